The summed E-state index contributed by atoms with van der Waals surface area (Å²) in [5, 5.41) is -0.745. The quantitative estimate of drug-likeness (QED) is 0.637. The van der Waals surface area contributed by atoms with E-state index in [-0.39, 0.29) is 18.3 Å². The SMILES string of the molecule is CCC(CN)S(=O)(=O)NCC(C)S(C)=O. The van der Waals surface area contributed by atoms with Gasteiger partial charge in [0.25, 0.3) is 0 Å². The van der Waals surface area contributed by atoms with Crippen LogP contribution < -0.4 is 10.5 Å². The third kappa shape index (κ3) is 5.05. The molecule has 3 unspecified atom stereocenters. The van der Waals surface area contributed by atoms with Crippen LogP contribution in [-0.2, 0) is 20.8 Å². The van der Waals surface area contributed by atoms with Gasteiger partial charge in [0.05, 0.1) is 5.25 Å². The van der Waals surface area contributed by atoms with Crippen molar-refractivity contribution in [1.29, 1.82) is 0 Å². The van der Waals surface area contributed by atoms with Crippen LogP contribution in [0.4, 0.5) is 0 Å². The molecule has 3 atom stereocenters. The minimum atomic E-state index is -3.36. The second-order valence-electron chi connectivity index (χ2n) is 3.47. The molecule has 0 amide bonds. The van der Waals surface area contributed by atoms with Crippen molar-refractivity contribution >= 4 is 20.8 Å². The fraction of sp³-hybridized carbons (Fsp3) is 1.00. The van der Waals surface area contributed by atoms with Crippen LogP contribution in [0.2, 0.25) is 0 Å². The minimum absolute atomic E-state index is 0.107. The second-order valence-corrected chi connectivity index (χ2v) is 7.32. The first-order valence-electron chi connectivity index (χ1n) is 4.85. The van der Waals surface area contributed by atoms with Crippen molar-refractivity contribution in [2.45, 2.75) is 30.8 Å². The van der Waals surface area contributed by atoms with E-state index in [1.807, 2.05) is 0 Å². The Morgan fingerprint density at radius 2 is 2.00 bits per heavy atom. The zero-order valence-electron chi connectivity index (χ0n) is 9.39. The number of sulfonamides is 1. The Morgan fingerprint density at radius 1 is 1.47 bits per heavy atom. The molecule has 0 radical (unpaired) electrons. The maximum absolute atomic E-state index is 11.6. The molecule has 0 aromatic heterocycles. The Morgan fingerprint density at radius 3 is 2.33 bits per heavy atom. The highest BCUT2D eigenvalue weighted by Gasteiger charge is 2.22. The van der Waals surface area contributed by atoms with Crippen LogP contribution in [0, 0.1) is 0 Å². The summed E-state index contributed by atoms with van der Waals surface area (Å²) in [6.45, 7) is 3.82. The van der Waals surface area contributed by atoms with E-state index < -0.39 is 26.1 Å². The molecule has 92 valence electrons. The molecule has 0 saturated heterocycles. The first-order valence-corrected chi connectivity index (χ1v) is 8.02. The number of hydrogen-bond acceptors (Lipinski definition) is 4. The average Bonchev–Trinajstić information content (AvgIpc) is 2.15. The molecule has 0 aliphatic heterocycles. The molecular formula is C8H20N2O3S2. The summed E-state index contributed by atoms with van der Waals surface area (Å²) in [6.07, 6.45) is 2.04. The normalized spacial score (nSPS) is 18.4. The van der Waals surface area contributed by atoms with E-state index in [0.29, 0.717) is 6.42 Å². The summed E-state index contributed by atoms with van der Waals surface area (Å²) >= 11 is 0. The van der Waals surface area contributed by atoms with Gasteiger partial charge in [-0.2, -0.15) is 0 Å². The van der Waals surface area contributed by atoms with Crippen LogP contribution in [0.15, 0.2) is 0 Å². The number of nitrogens with two attached hydrogens (primary N) is 1. The predicted octanol–water partition coefficient (Wildman–Crippen LogP) is -0.590. The summed E-state index contributed by atoms with van der Waals surface area (Å²) < 4.78 is 36.7. The monoisotopic (exact) mass is 256 g/mol. The number of hydrogen-bond donors (Lipinski definition) is 2. The highest BCUT2D eigenvalue weighted by atomic mass is 32.2. The van der Waals surface area contributed by atoms with Gasteiger partial charge in [-0.05, 0) is 13.3 Å². The van der Waals surface area contributed by atoms with Gasteiger partial charge in [-0.3, -0.25) is 4.21 Å². The maximum Gasteiger partial charge on any atom is 0.215 e. The Bertz CT molecular complexity index is 299. The van der Waals surface area contributed by atoms with E-state index in [1.165, 1.54) is 0 Å². The van der Waals surface area contributed by atoms with E-state index in [9.17, 15) is 12.6 Å². The van der Waals surface area contributed by atoms with Gasteiger partial charge in [0, 0.05) is 35.4 Å². The van der Waals surface area contributed by atoms with Crippen molar-refractivity contribution in [2.75, 3.05) is 19.3 Å². The Hall–Kier alpha value is 0.0200. The van der Waals surface area contributed by atoms with Gasteiger partial charge in [-0.25, -0.2) is 13.1 Å². The lowest BCUT2D eigenvalue weighted by Crippen LogP contribution is -2.41. The van der Waals surface area contributed by atoms with Gasteiger partial charge in [-0.15, -0.1) is 0 Å². The molecule has 0 aliphatic rings. The van der Waals surface area contributed by atoms with Crippen LogP contribution in [0.5, 0.6) is 0 Å². The molecule has 3 N–H and O–H groups in total. The summed E-state index contributed by atoms with van der Waals surface area (Å²) in [5.74, 6) is 0. The van der Waals surface area contributed by atoms with Crippen molar-refractivity contribution in [3.63, 3.8) is 0 Å². The van der Waals surface area contributed by atoms with Gasteiger partial charge in [-0.1, -0.05) is 6.92 Å². The highest BCUT2D eigenvalue weighted by Crippen LogP contribution is 2.02. The van der Waals surface area contributed by atoms with Gasteiger partial charge in [0.15, 0.2) is 0 Å². The lowest BCUT2D eigenvalue weighted by molar-refractivity contribution is 0.560. The smallest absolute Gasteiger partial charge is 0.215 e. The molecule has 0 aromatic rings. The molecule has 0 aliphatic carbocycles. The van der Waals surface area contributed by atoms with Crippen LogP contribution in [0.25, 0.3) is 0 Å². The van der Waals surface area contributed by atoms with Crippen molar-refractivity contribution in [2.24, 2.45) is 5.73 Å². The molecular weight excluding hydrogens is 236 g/mol. The second kappa shape index (κ2) is 6.57. The molecule has 0 aromatic carbocycles. The summed E-state index contributed by atoms with van der Waals surface area (Å²) in [4.78, 5) is 0. The van der Waals surface area contributed by atoms with Gasteiger partial charge < -0.3 is 5.73 Å². The third-order valence-electron chi connectivity index (χ3n) is 2.30. The highest BCUT2D eigenvalue weighted by molar-refractivity contribution is 7.90. The fourth-order valence-electron chi connectivity index (χ4n) is 0.981. The molecule has 0 saturated carbocycles. The molecule has 0 fully saturated rings. The lowest BCUT2D eigenvalue weighted by atomic mass is 10.3. The first-order chi connectivity index (χ1) is 6.85. The van der Waals surface area contributed by atoms with Crippen molar-refractivity contribution in [3.8, 4) is 0 Å². The fourth-order valence-corrected chi connectivity index (χ4v) is 2.82. The van der Waals surface area contributed by atoms with Crippen LogP contribution >= 0.6 is 0 Å². The number of rotatable bonds is 7. The van der Waals surface area contributed by atoms with E-state index in [2.05, 4.69) is 4.72 Å². The van der Waals surface area contributed by atoms with E-state index in [0.717, 1.165) is 0 Å². The van der Waals surface area contributed by atoms with E-state index in [4.69, 9.17) is 5.73 Å². The Balaban J connectivity index is 4.33. The average molecular weight is 256 g/mol. The van der Waals surface area contributed by atoms with Crippen LogP contribution in [-0.4, -0.2) is 42.5 Å². The van der Waals surface area contributed by atoms with E-state index in [1.54, 1.807) is 20.1 Å². The summed E-state index contributed by atoms with van der Waals surface area (Å²) in [5.41, 5.74) is 5.36. The molecule has 5 nitrogen and oxygen atoms in total. The maximum atomic E-state index is 11.6. The zero-order chi connectivity index (χ0) is 12.1. The van der Waals surface area contributed by atoms with Gasteiger partial charge >= 0.3 is 0 Å². The molecule has 0 bridgehead atoms. The summed E-state index contributed by atoms with van der Waals surface area (Å²) in [7, 11) is -4.38. The van der Waals surface area contributed by atoms with Gasteiger partial charge in [0.1, 0.15) is 0 Å². The summed E-state index contributed by atoms with van der Waals surface area (Å²) in [6, 6.07) is 0. The standard InChI is InChI=1S/C8H20N2O3S2/c1-4-8(5-9)15(12,13)10-6-7(2)14(3)11/h7-8,10H,4-6,9H2,1-3H3. The molecule has 0 spiro atoms. The predicted molar refractivity (Wildman–Crippen MR) is 63.6 cm³/mol. The largest absolute Gasteiger partial charge is 0.329 e. The number of nitrogens with one attached hydrogen (secondary N) is 1. The van der Waals surface area contributed by atoms with Crippen molar-refractivity contribution in [3.05, 3.63) is 0 Å². The van der Waals surface area contributed by atoms with Crippen LogP contribution in [0.1, 0.15) is 20.3 Å². The molecule has 7 heteroatoms. The lowest BCUT2D eigenvalue weighted by Gasteiger charge is -2.16. The van der Waals surface area contributed by atoms with E-state index >= 15 is 0 Å². The van der Waals surface area contributed by atoms with Gasteiger partial charge in [0.2, 0.25) is 10.0 Å². The topological polar surface area (TPSA) is 89.3 Å². The Labute approximate surface area is 94.3 Å². The van der Waals surface area contributed by atoms with Crippen LogP contribution in [0.3, 0.4) is 0 Å². The Kier molecular flexibility index (Phi) is 6.58. The molecule has 15 heavy (non-hydrogen) atoms. The first kappa shape index (κ1) is 15.0. The third-order valence-corrected chi connectivity index (χ3v) is 5.57. The van der Waals surface area contributed by atoms with Crippen molar-refractivity contribution < 1.29 is 12.6 Å². The van der Waals surface area contributed by atoms with Crippen molar-refractivity contribution in [1.82, 2.24) is 4.72 Å². The molecule has 0 heterocycles. The minimum Gasteiger partial charge on any atom is -0.329 e. The molecule has 0 rings (SSSR count). The zero-order valence-corrected chi connectivity index (χ0v) is 11.0.